The van der Waals surface area contributed by atoms with Crippen LogP contribution in [0.15, 0.2) is 0 Å². The Morgan fingerprint density at radius 3 is 2.33 bits per heavy atom. The monoisotopic (exact) mass is 172 g/mol. The van der Waals surface area contributed by atoms with Gasteiger partial charge >= 0.3 is 0 Å². The number of primary amides is 1. The molecule has 1 atom stereocenters. The molecule has 1 amide bonds. The van der Waals surface area contributed by atoms with E-state index in [1.54, 1.807) is 0 Å². The maximum Gasteiger partial charge on any atom is 0.286 e. The van der Waals surface area contributed by atoms with Crippen molar-refractivity contribution in [3.8, 4) is 0 Å². The van der Waals surface area contributed by atoms with E-state index in [0.717, 1.165) is 19.3 Å². The second-order valence-electron chi connectivity index (χ2n) is 2.83. The Morgan fingerprint density at radius 1 is 1.33 bits per heavy atom. The molecule has 0 aliphatic heterocycles. The summed E-state index contributed by atoms with van der Waals surface area (Å²) in [6.45, 7) is 2.06. The molecule has 0 aromatic carbocycles. The van der Waals surface area contributed by atoms with Gasteiger partial charge in [-0.15, -0.1) is 0 Å². The fourth-order valence-electron chi connectivity index (χ4n) is 0.928. The number of amides is 1. The molecule has 0 aromatic heterocycles. The highest BCUT2D eigenvalue weighted by atomic mass is 16.2. The van der Waals surface area contributed by atoms with Gasteiger partial charge in [-0.1, -0.05) is 26.2 Å². The molecule has 4 nitrogen and oxygen atoms in total. The van der Waals surface area contributed by atoms with Crippen LogP contribution >= 0.6 is 0 Å². The van der Waals surface area contributed by atoms with Gasteiger partial charge in [0.1, 0.15) is 0 Å². The molecule has 70 valence electrons. The van der Waals surface area contributed by atoms with E-state index >= 15 is 0 Å². The van der Waals surface area contributed by atoms with E-state index in [0.29, 0.717) is 6.42 Å². The number of nitrogens with two attached hydrogens (primary N) is 2. The van der Waals surface area contributed by atoms with Crippen molar-refractivity contribution in [1.29, 1.82) is 0 Å². The topological polar surface area (TPSA) is 86.2 Å². The third kappa shape index (κ3) is 4.08. The predicted molar refractivity (Wildman–Crippen MR) is 46.3 cm³/mol. The minimum absolute atomic E-state index is 0.551. The highest BCUT2D eigenvalue weighted by Crippen LogP contribution is 2.01. The van der Waals surface area contributed by atoms with Crippen LogP contribution in [-0.2, 0) is 9.59 Å². The molecule has 12 heavy (non-hydrogen) atoms. The summed E-state index contributed by atoms with van der Waals surface area (Å²) in [5, 5.41) is 0. The number of hydrogen-bond acceptors (Lipinski definition) is 3. The van der Waals surface area contributed by atoms with E-state index < -0.39 is 17.7 Å². The van der Waals surface area contributed by atoms with Crippen molar-refractivity contribution >= 4 is 11.7 Å². The Kier molecular flexibility index (Phi) is 5.28. The van der Waals surface area contributed by atoms with Gasteiger partial charge < -0.3 is 11.5 Å². The summed E-state index contributed by atoms with van der Waals surface area (Å²) in [4.78, 5) is 21.2. The average Bonchev–Trinajstić information content (AvgIpc) is 2.03. The molecule has 0 spiro atoms. The van der Waals surface area contributed by atoms with Gasteiger partial charge in [-0.05, 0) is 6.42 Å². The van der Waals surface area contributed by atoms with Crippen LogP contribution in [0.3, 0.4) is 0 Å². The normalized spacial score (nSPS) is 12.5. The lowest BCUT2D eigenvalue weighted by molar-refractivity contribution is -0.136. The quantitative estimate of drug-likeness (QED) is 0.435. The van der Waals surface area contributed by atoms with Gasteiger partial charge in [0.25, 0.3) is 5.91 Å². The molecule has 0 bridgehead atoms. The molecule has 4 N–H and O–H groups in total. The van der Waals surface area contributed by atoms with Crippen molar-refractivity contribution in [2.45, 2.75) is 38.6 Å². The van der Waals surface area contributed by atoms with Gasteiger partial charge in [-0.3, -0.25) is 9.59 Å². The molecule has 0 aliphatic rings. The fourth-order valence-corrected chi connectivity index (χ4v) is 0.928. The Morgan fingerprint density at radius 2 is 1.92 bits per heavy atom. The summed E-state index contributed by atoms with van der Waals surface area (Å²) in [5.74, 6) is -1.59. The Hall–Kier alpha value is -0.900. The lowest BCUT2D eigenvalue weighted by atomic mass is 10.1. The predicted octanol–water partition coefficient (Wildman–Crippen LogP) is -0.0516. The standard InChI is InChI=1S/C8H16N2O2/c1-2-3-4-5-6(9)7(11)8(10)12/h6H,2-5,9H2,1H3,(H2,10,12). The fraction of sp³-hybridized carbons (Fsp3) is 0.750. The number of carbonyl (C=O) groups is 2. The number of rotatable bonds is 6. The summed E-state index contributed by atoms with van der Waals surface area (Å²) >= 11 is 0. The largest absolute Gasteiger partial charge is 0.363 e. The highest BCUT2D eigenvalue weighted by molar-refractivity contribution is 6.37. The molecule has 0 saturated heterocycles. The molecule has 0 rings (SSSR count). The smallest absolute Gasteiger partial charge is 0.286 e. The zero-order valence-electron chi connectivity index (χ0n) is 7.38. The first-order chi connectivity index (χ1) is 5.59. The van der Waals surface area contributed by atoms with E-state index in [1.165, 1.54) is 0 Å². The van der Waals surface area contributed by atoms with Crippen LogP contribution in [0, 0.1) is 0 Å². The first-order valence-electron chi connectivity index (χ1n) is 4.18. The molecule has 0 aliphatic carbocycles. The zero-order valence-corrected chi connectivity index (χ0v) is 7.38. The first-order valence-corrected chi connectivity index (χ1v) is 4.18. The number of carbonyl (C=O) groups excluding carboxylic acids is 2. The Labute approximate surface area is 72.3 Å². The van der Waals surface area contributed by atoms with Crippen molar-refractivity contribution in [2.75, 3.05) is 0 Å². The maximum absolute atomic E-state index is 10.8. The lowest BCUT2D eigenvalue weighted by Gasteiger charge is -2.06. The third-order valence-corrected chi connectivity index (χ3v) is 1.70. The molecule has 0 heterocycles. The van der Waals surface area contributed by atoms with E-state index in [9.17, 15) is 9.59 Å². The number of unbranched alkanes of at least 4 members (excludes halogenated alkanes) is 2. The van der Waals surface area contributed by atoms with E-state index in [-0.39, 0.29) is 0 Å². The van der Waals surface area contributed by atoms with Gasteiger partial charge in [0.05, 0.1) is 6.04 Å². The van der Waals surface area contributed by atoms with Crippen LogP contribution in [0.25, 0.3) is 0 Å². The molecule has 1 unspecified atom stereocenters. The summed E-state index contributed by atoms with van der Waals surface area (Å²) in [6.07, 6.45) is 3.52. The van der Waals surface area contributed by atoms with Crippen LogP contribution < -0.4 is 11.5 Å². The third-order valence-electron chi connectivity index (χ3n) is 1.70. The van der Waals surface area contributed by atoms with Crippen LogP contribution in [0.5, 0.6) is 0 Å². The molecular formula is C8H16N2O2. The minimum Gasteiger partial charge on any atom is -0.363 e. The first kappa shape index (κ1) is 11.1. The number of Topliss-reactive ketones (excluding diaryl/α,β-unsaturated/α-hetero) is 1. The van der Waals surface area contributed by atoms with Crippen LogP contribution in [0.4, 0.5) is 0 Å². The van der Waals surface area contributed by atoms with Crippen molar-refractivity contribution in [3.05, 3.63) is 0 Å². The molecule has 0 radical (unpaired) electrons. The van der Waals surface area contributed by atoms with E-state index in [4.69, 9.17) is 11.5 Å². The summed E-state index contributed by atoms with van der Waals surface area (Å²) in [5.41, 5.74) is 10.2. The van der Waals surface area contributed by atoms with Gasteiger partial charge in [-0.25, -0.2) is 0 Å². The van der Waals surface area contributed by atoms with Crippen LogP contribution in [0.1, 0.15) is 32.6 Å². The van der Waals surface area contributed by atoms with Gasteiger partial charge in [-0.2, -0.15) is 0 Å². The maximum atomic E-state index is 10.8. The molecular weight excluding hydrogens is 156 g/mol. The van der Waals surface area contributed by atoms with Crippen molar-refractivity contribution in [2.24, 2.45) is 11.5 Å². The van der Waals surface area contributed by atoms with E-state index in [2.05, 4.69) is 6.92 Å². The van der Waals surface area contributed by atoms with Crippen molar-refractivity contribution < 1.29 is 9.59 Å². The van der Waals surface area contributed by atoms with Gasteiger partial charge in [0, 0.05) is 0 Å². The number of ketones is 1. The lowest BCUT2D eigenvalue weighted by Crippen LogP contribution is -2.39. The van der Waals surface area contributed by atoms with E-state index in [1.807, 2.05) is 0 Å². The zero-order chi connectivity index (χ0) is 9.56. The molecule has 0 fully saturated rings. The van der Waals surface area contributed by atoms with Crippen molar-refractivity contribution in [1.82, 2.24) is 0 Å². The second kappa shape index (κ2) is 5.71. The average molecular weight is 172 g/mol. The second-order valence-corrected chi connectivity index (χ2v) is 2.83. The Bertz CT molecular complexity index is 168. The minimum atomic E-state index is -0.931. The van der Waals surface area contributed by atoms with Crippen LogP contribution in [0.2, 0.25) is 0 Å². The molecule has 4 heteroatoms. The summed E-state index contributed by atoms with van der Waals surface area (Å²) < 4.78 is 0. The van der Waals surface area contributed by atoms with Gasteiger partial charge in [0.15, 0.2) is 0 Å². The number of hydrogen-bond donors (Lipinski definition) is 2. The molecule has 0 saturated carbocycles. The van der Waals surface area contributed by atoms with Gasteiger partial charge in [0.2, 0.25) is 5.78 Å². The Balaban J connectivity index is 3.64. The van der Waals surface area contributed by atoms with Crippen molar-refractivity contribution in [3.63, 3.8) is 0 Å². The van der Waals surface area contributed by atoms with Crippen LogP contribution in [-0.4, -0.2) is 17.7 Å². The summed E-state index contributed by atoms with van der Waals surface area (Å²) in [7, 11) is 0. The molecule has 0 aromatic rings. The SMILES string of the molecule is CCCCCC(N)C(=O)C(N)=O. The summed E-state index contributed by atoms with van der Waals surface area (Å²) in [6, 6.07) is -0.700. The highest BCUT2D eigenvalue weighted by Gasteiger charge is 2.17.